The SMILES string of the molecule is C=C(C=N/C(=C\OCC)CCOc1ccc(C[C@@](C)(Oc2ccccc2)C(=O)OCC)cc1)S/C=C\C. The number of ether oxygens (including phenoxy) is 4. The standard InChI is InChI=1S/C30H37NO5S/c1-6-20-37-24(4)22-31-26(23-33-7-2)18-19-35-27-16-14-25(15-17-27)21-30(5,29(32)34-8-3)36-28-12-10-9-11-13-28/h6,9-17,20,22-23H,4,7-8,18-19,21H2,1-3,5H3/b20-6-,26-23-,31-22?/t30-/m1/s1. The Kier molecular flexibility index (Phi) is 13.1. The number of aliphatic imine (C=N–C) groups is 1. The Morgan fingerprint density at radius 1 is 1.05 bits per heavy atom. The van der Waals surface area contributed by atoms with Crippen LogP contribution in [0, 0.1) is 0 Å². The molecular weight excluding hydrogens is 486 g/mol. The maximum absolute atomic E-state index is 12.8. The van der Waals surface area contributed by atoms with E-state index in [2.05, 4.69) is 11.6 Å². The Balaban J connectivity index is 2.00. The van der Waals surface area contributed by atoms with Gasteiger partial charge in [-0.3, -0.25) is 4.99 Å². The molecule has 198 valence electrons. The van der Waals surface area contributed by atoms with Crippen molar-refractivity contribution in [3.63, 3.8) is 0 Å². The zero-order valence-electron chi connectivity index (χ0n) is 22.1. The van der Waals surface area contributed by atoms with E-state index in [0.29, 0.717) is 31.8 Å². The molecule has 0 aliphatic heterocycles. The Labute approximate surface area is 225 Å². The lowest BCUT2D eigenvalue weighted by molar-refractivity contribution is -0.160. The van der Waals surface area contributed by atoms with Gasteiger partial charge in [0.15, 0.2) is 0 Å². The highest BCUT2D eigenvalue weighted by molar-refractivity contribution is 8.06. The number of allylic oxidation sites excluding steroid dienone is 2. The molecule has 0 N–H and O–H groups in total. The van der Waals surface area contributed by atoms with Crippen LogP contribution in [0.3, 0.4) is 0 Å². The molecule has 0 saturated heterocycles. The Hall–Kier alpha value is -3.45. The fourth-order valence-electron chi connectivity index (χ4n) is 3.22. The van der Waals surface area contributed by atoms with Crippen LogP contribution in [0.15, 0.2) is 94.5 Å². The zero-order chi connectivity index (χ0) is 26.9. The highest BCUT2D eigenvalue weighted by Gasteiger charge is 2.37. The molecule has 7 heteroatoms. The van der Waals surface area contributed by atoms with Gasteiger partial charge in [0, 0.05) is 24.0 Å². The summed E-state index contributed by atoms with van der Waals surface area (Å²) in [6, 6.07) is 16.9. The van der Waals surface area contributed by atoms with Crippen molar-refractivity contribution in [2.45, 2.75) is 46.1 Å². The van der Waals surface area contributed by atoms with Gasteiger partial charge < -0.3 is 18.9 Å². The van der Waals surface area contributed by atoms with E-state index >= 15 is 0 Å². The lowest BCUT2D eigenvalue weighted by Gasteiger charge is -2.28. The van der Waals surface area contributed by atoms with Crippen LogP contribution >= 0.6 is 11.8 Å². The summed E-state index contributed by atoms with van der Waals surface area (Å²) in [5, 5.41) is 1.95. The first-order valence-electron chi connectivity index (χ1n) is 12.3. The topological polar surface area (TPSA) is 66.3 Å². The van der Waals surface area contributed by atoms with Crippen molar-refractivity contribution in [3.8, 4) is 11.5 Å². The van der Waals surface area contributed by atoms with Crippen molar-refractivity contribution in [2.24, 2.45) is 4.99 Å². The minimum absolute atomic E-state index is 0.284. The molecule has 0 aliphatic carbocycles. The van der Waals surface area contributed by atoms with Crippen LogP contribution in [0.4, 0.5) is 0 Å². The van der Waals surface area contributed by atoms with Crippen molar-refractivity contribution in [1.29, 1.82) is 0 Å². The van der Waals surface area contributed by atoms with E-state index in [-0.39, 0.29) is 6.61 Å². The average Bonchev–Trinajstić information content (AvgIpc) is 2.90. The highest BCUT2D eigenvalue weighted by atomic mass is 32.2. The molecule has 0 aliphatic rings. The quantitative estimate of drug-likeness (QED) is 0.132. The predicted octanol–water partition coefficient (Wildman–Crippen LogP) is 7.13. The second-order valence-corrected chi connectivity index (χ2v) is 9.19. The van der Waals surface area contributed by atoms with Crippen molar-refractivity contribution < 1.29 is 23.7 Å². The number of carbonyl (C=O) groups excluding carboxylic acids is 1. The molecule has 0 heterocycles. The number of hydrogen-bond donors (Lipinski definition) is 0. The van der Waals surface area contributed by atoms with Gasteiger partial charge in [0.2, 0.25) is 5.60 Å². The van der Waals surface area contributed by atoms with E-state index in [0.717, 1.165) is 21.9 Å². The van der Waals surface area contributed by atoms with Crippen molar-refractivity contribution in [3.05, 3.63) is 95.1 Å². The summed E-state index contributed by atoms with van der Waals surface area (Å²) in [4.78, 5) is 18.1. The summed E-state index contributed by atoms with van der Waals surface area (Å²) in [5.74, 6) is 0.930. The number of carbonyl (C=O) groups is 1. The average molecular weight is 524 g/mol. The number of para-hydroxylation sites is 1. The van der Waals surface area contributed by atoms with Crippen molar-refractivity contribution >= 4 is 23.9 Å². The lowest BCUT2D eigenvalue weighted by atomic mass is 9.96. The van der Waals surface area contributed by atoms with Crippen LogP contribution in [-0.2, 0) is 20.7 Å². The van der Waals surface area contributed by atoms with Crippen LogP contribution in [0.1, 0.15) is 39.7 Å². The van der Waals surface area contributed by atoms with E-state index in [4.69, 9.17) is 18.9 Å². The maximum Gasteiger partial charge on any atom is 0.350 e. The zero-order valence-corrected chi connectivity index (χ0v) is 23.0. The van der Waals surface area contributed by atoms with Gasteiger partial charge in [0.05, 0.1) is 25.5 Å². The summed E-state index contributed by atoms with van der Waals surface area (Å²) in [5.41, 5.74) is 0.535. The Morgan fingerprint density at radius 2 is 1.78 bits per heavy atom. The molecule has 0 saturated carbocycles. The summed E-state index contributed by atoms with van der Waals surface area (Å²) in [7, 11) is 0. The van der Waals surface area contributed by atoms with Gasteiger partial charge in [-0.15, -0.1) is 0 Å². The molecule has 0 spiro atoms. The fourth-order valence-corrected chi connectivity index (χ4v) is 3.65. The smallest absolute Gasteiger partial charge is 0.350 e. The molecule has 0 fully saturated rings. The summed E-state index contributed by atoms with van der Waals surface area (Å²) in [6.45, 7) is 12.7. The number of hydrogen-bond acceptors (Lipinski definition) is 7. The van der Waals surface area contributed by atoms with Crippen molar-refractivity contribution in [1.82, 2.24) is 0 Å². The largest absolute Gasteiger partial charge is 0.500 e. The van der Waals surface area contributed by atoms with E-state index < -0.39 is 11.6 Å². The van der Waals surface area contributed by atoms with Gasteiger partial charge in [0.25, 0.3) is 0 Å². The van der Waals surface area contributed by atoms with E-state index in [1.165, 1.54) is 11.8 Å². The number of esters is 1. The highest BCUT2D eigenvalue weighted by Crippen LogP contribution is 2.25. The van der Waals surface area contributed by atoms with Gasteiger partial charge in [0.1, 0.15) is 17.8 Å². The molecule has 2 rings (SSSR count). The molecule has 0 bridgehead atoms. The number of nitrogens with zero attached hydrogens (tertiary/aromatic N) is 1. The van der Waals surface area contributed by atoms with E-state index in [9.17, 15) is 4.79 Å². The first kappa shape index (κ1) is 29.8. The first-order valence-corrected chi connectivity index (χ1v) is 13.2. The van der Waals surface area contributed by atoms with E-state index in [1.807, 2.05) is 79.9 Å². The third-order valence-electron chi connectivity index (χ3n) is 5.00. The number of rotatable bonds is 16. The fraction of sp³-hybridized carbons (Fsp3) is 0.333. The normalized spacial score (nSPS) is 13.4. The maximum atomic E-state index is 12.8. The molecule has 6 nitrogen and oxygen atoms in total. The minimum atomic E-state index is -1.16. The third-order valence-corrected chi connectivity index (χ3v) is 5.82. The van der Waals surface area contributed by atoms with Gasteiger partial charge >= 0.3 is 5.97 Å². The molecule has 0 amide bonds. The predicted molar refractivity (Wildman–Crippen MR) is 152 cm³/mol. The molecule has 0 radical (unpaired) electrons. The molecule has 0 aromatic heterocycles. The lowest BCUT2D eigenvalue weighted by Crippen LogP contribution is -2.45. The van der Waals surface area contributed by atoms with Crippen LogP contribution < -0.4 is 9.47 Å². The number of benzene rings is 2. The van der Waals surface area contributed by atoms with E-state index in [1.54, 1.807) is 26.3 Å². The van der Waals surface area contributed by atoms with Gasteiger partial charge in [-0.2, -0.15) is 0 Å². The molecule has 2 aromatic carbocycles. The van der Waals surface area contributed by atoms with Crippen molar-refractivity contribution in [2.75, 3.05) is 19.8 Å². The minimum Gasteiger partial charge on any atom is -0.500 e. The second-order valence-electron chi connectivity index (χ2n) is 8.16. The Bertz CT molecular complexity index is 1060. The van der Waals surface area contributed by atoms with Crippen LogP contribution in [-0.4, -0.2) is 37.6 Å². The second kappa shape index (κ2) is 16.3. The monoisotopic (exact) mass is 523 g/mol. The van der Waals surface area contributed by atoms with Crippen LogP contribution in [0.2, 0.25) is 0 Å². The first-order chi connectivity index (χ1) is 17.9. The summed E-state index contributed by atoms with van der Waals surface area (Å²) in [6.07, 6.45) is 6.26. The van der Waals surface area contributed by atoms with Crippen LogP contribution in [0.5, 0.6) is 11.5 Å². The van der Waals surface area contributed by atoms with Gasteiger partial charge in [-0.1, -0.05) is 54.7 Å². The molecule has 2 aromatic rings. The molecule has 37 heavy (non-hydrogen) atoms. The summed E-state index contributed by atoms with van der Waals surface area (Å²) >= 11 is 1.51. The summed E-state index contributed by atoms with van der Waals surface area (Å²) < 4.78 is 22.7. The van der Waals surface area contributed by atoms with Gasteiger partial charge in [-0.25, -0.2) is 4.79 Å². The molecular formula is C30H37NO5S. The van der Waals surface area contributed by atoms with Crippen LogP contribution in [0.25, 0.3) is 0 Å². The number of thioether (sulfide) groups is 1. The van der Waals surface area contributed by atoms with Gasteiger partial charge in [-0.05, 0) is 62.9 Å². The molecule has 1 atom stereocenters. The third kappa shape index (κ3) is 11.0. The molecule has 0 unspecified atom stereocenters. The Morgan fingerprint density at radius 3 is 2.43 bits per heavy atom.